The molecule has 1 heterocycles. The van der Waals surface area contributed by atoms with Crippen LogP contribution in [0.25, 0.3) is 0 Å². The number of nitrogens with zero attached hydrogens (tertiary/aromatic N) is 2. The number of nitrogens with one attached hydrogen (secondary N) is 1. The van der Waals surface area contributed by atoms with E-state index >= 15 is 0 Å². The topological polar surface area (TPSA) is 79.0 Å². The summed E-state index contributed by atoms with van der Waals surface area (Å²) in [5.41, 5.74) is 2.57. The molecule has 1 unspecified atom stereocenters. The van der Waals surface area contributed by atoms with Crippen molar-refractivity contribution in [2.24, 2.45) is 0 Å². The number of benzene rings is 3. The van der Waals surface area contributed by atoms with Crippen LogP contribution in [0.4, 0.5) is 11.4 Å². The molecule has 4 rings (SSSR count). The third kappa shape index (κ3) is 5.77. The first kappa shape index (κ1) is 24.6. The monoisotopic (exact) mass is 493 g/mol. The van der Waals surface area contributed by atoms with Crippen molar-refractivity contribution in [2.45, 2.75) is 30.7 Å². The van der Waals surface area contributed by atoms with Gasteiger partial charge in [-0.3, -0.25) is 9.10 Å². The average molecular weight is 494 g/mol. The molecule has 3 aromatic carbocycles. The standard InChI is InChI=1S/C27H31N3O4S/c1-21(22-10-12-23(13-11-22)29-18-6-7-19-29)28-27(31)20-30(24-8-4-3-5-9-24)35(32,33)26-16-14-25(34-2)15-17-26/h3-5,8-17,21H,6-7,18-20H2,1-2H3,(H,28,31). The van der Waals surface area contributed by atoms with Crippen molar-refractivity contribution in [2.75, 3.05) is 35.9 Å². The summed E-state index contributed by atoms with van der Waals surface area (Å²) in [5, 5.41) is 2.95. The second-order valence-electron chi connectivity index (χ2n) is 8.60. The summed E-state index contributed by atoms with van der Waals surface area (Å²) in [6, 6.07) is 22.7. The molecule has 0 aromatic heterocycles. The van der Waals surface area contributed by atoms with Crippen molar-refractivity contribution >= 4 is 27.3 Å². The van der Waals surface area contributed by atoms with Crippen LogP contribution in [0.15, 0.2) is 83.8 Å². The number of carbonyl (C=O) groups is 1. The number of amides is 1. The Hall–Kier alpha value is -3.52. The summed E-state index contributed by atoms with van der Waals surface area (Å²) in [6.07, 6.45) is 2.43. The molecule has 0 saturated carbocycles. The Morgan fingerprint density at radius 1 is 0.971 bits per heavy atom. The molecule has 7 nitrogen and oxygen atoms in total. The van der Waals surface area contributed by atoms with Gasteiger partial charge < -0.3 is 15.0 Å². The van der Waals surface area contributed by atoms with E-state index in [2.05, 4.69) is 22.3 Å². The number of carbonyl (C=O) groups excluding carboxylic acids is 1. The van der Waals surface area contributed by atoms with E-state index in [1.165, 1.54) is 37.8 Å². The van der Waals surface area contributed by atoms with Gasteiger partial charge in [0.1, 0.15) is 12.3 Å². The third-order valence-corrected chi connectivity index (χ3v) is 8.01. The zero-order valence-electron chi connectivity index (χ0n) is 20.1. The van der Waals surface area contributed by atoms with E-state index < -0.39 is 10.0 Å². The van der Waals surface area contributed by atoms with E-state index in [0.29, 0.717) is 11.4 Å². The van der Waals surface area contributed by atoms with Crippen LogP contribution in [0.3, 0.4) is 0 Å². The number of ether oxygens (including phenoxy) is 1. The number of rotatable bonds is 9. The van der Waals surface area contributed by atoms with Crippen LogP contribution in [-0.4, -0.2) is 41.1 Å². The smallest absolute Gasteiger partial charge is 0.264 e. The van der Waals surface area contributed by atoms with Gasteiger partial charge in [0.25, 0.3) is 10.0 Å². The highest BCUT2D eigenvalue weighted by Crippen LogP contribution is 2.26. The Balaban J connectivity index is 1.50. The van der Waals surface area contributed by atoms with E-state index in [-0.39, 0.29) is 23.4 Å². The molecule has 0 aliphatic carbocycles. The highest BCUT2D eigenvalue weighted by molar-refractivity contribution is 7.92. The lowest BCUT2D eigenvalue weighted by molar-refractivity contribution is -0.120. The number of para-hydroxylation sites is 1. The average Bonchev–Trinajstić information content (AvgIpc) is 3.43. The van der Waals surface area contributed by atoms with Crippen LogP contribution in [0.1, 0.15) is 31.4 Å². The maximum absolute atomic E-state index is 13.5. The SMILES string of the molecule is COc1ccc(S(=O)(=O)N(CC(=O)NC(C)c2ccc(N3CCCC3)cc2)c2ccccc2)cc1. The van der Waals surface area contributed by atoms with Crippen LogP contribution in [-0.2, 0) is 14.8 Å². The van der Waals surface area contributed by atoms with Gasteiger partial charge in [0, 0.05) is 18.8 Å². The predicted octanol–water partition coefficient (Wildman–Crippen LogP) is 4.37. The van der Waals surface area contributed by atoms with E-state index in [1.54, 1.807) is 42.5 Å². The van der Waals surface area contributed by atoms with Crippen molar-refractivity contribution in [3.8, 4) is 5.75 Å². The van der Waals surface area contributed by atoms with Gasteiger partial charge in [-0.25, -0.2) is 8.42 Å². The van der Waals surface area contributed by atoms with Gasteiger partial charge in [-0.2, -0.15) is 0 Å². The van der Waals surface area contributed by atoms with Gasteiger partial charge >= 0.3 is 0 Å². The molecule has 1 aliphatic rings. The zero-order valence-corrected chi connectivity index (χ0v) is 20.9. The molecule has 1 aliphatic heterocycles. The number of methoxy groups -OCH3 is 1. The largest absolute Gasteiger partial charge is 0.497 e. The van der Waals surface area contributed by atoms with Crippen LogP contribution < -0.4 is 19.3 Å². The van der Waals surface area contributed by atoms with Crippen molar-refractivity contribution < 1.29 is 17.9 Å². The third-order valence-electron chi connectivity index (χ3n) is 6.22. The van der Waals surface area contributed by atoms with Crippen molar-refractivity contribution in [1.29, 1.82) is 0 Å². The van der Waals surface area contributed by atoms with Gasteiger partial charge in [-0.05, 0) is 73.9 Å². The summed E-state index contributed by atoms with van der Waals surface area (Å²) in [4.78, 5) is 15.5. The van der Waals surface area contributed by atoms with E-state index in [0.717, 1.165) is 23.0 Å². The first-order valence-corrected chi connectivity index (χ1v) is 13.2. The van der Waals surface area contributed by atoms with Gasteiger partial charge in [-0.15, -0.1) is 0 Å². The van der Waals surface area contributed by atoms with Crippen LogP contribution in [0, 0.1) is 0 Å². The Morgan fingerprint density at radius 2 is 1.60 bits per heavy atom. The summed E-state index contributed by atoms with van der Waals surface area (Å²) >= 11 is 0. The Labute approximate surface area is 207 Å². The second kappa shape index (κ2) is 10.8. The van der Waals surface area contributed by atoms with Gasteiger partial charge in [0.2, 0.25) is 5.91 Å². The lowest BCUT2D eigenvalue weighted by atomic mass is 10.1. The van der Waals surface area contributed by atoms with Gasteiger partial charge in [-0.1, -0.05) is 30.3 Å². The summed E-state index contributed by atoms with van der Waals surface area (Å²) in [5.74, 6) is 0.166. The van der Waals surface area contributed by atoms with Crippen LogP contribution in [0.2, 0.25) is 0 Å². The highest BCUT2D eigenvalue weighted by Gasteiger charge is 2.27. The number of hydrogen-bond donors (Lipinski definition) is 1. The molecule has 1 amide bonds. The quantitative estimate of drug-likeness (QED) is 0.479. The van der Waals surface area contributed by atoms with Gasteiger partial charge in [0.15, 0.2) is 0 Å². The Kier molecular flexibility index (Phi) is 7.60. The minimum absolute atomic E-state index is 0.0838. The van der Waals surface area contributed by atoms with E-state index in [9.17, 15) is 13.2 Å². The molecular formula is C27H31N3O4S. The maximum Gasteiger partial charge on any atom is 0.264 e. The molecule has 0 radical (unpaired) electrons. The number of sulfonamides is 1. The van der Waals surface area contributed by atoms with Crippen LogP contribution in [0.5, 0.6) is 5.75 Å². The maximum atomic E-state index is 13.5. The Bertz CT molecular complexity index is 1220. The molecule has 1 fully saturated rings. The molecule has 184 valence electrons. The number of anilines is 2. The first-order valence-electron chi connectivity index (χ1n) is 11.7. The van der Waals surface area contributed by atoms with Gasteiger partial charge in [0.05, 0.1) is 23.7 Å². The first-order chi connectivity index (χ1) is 16.9. The Morgan fingerprint density at radius 3 is 2.20 bits per heavy atom. The molecule has 35 heavy (non-hydrogen) atoms. The summed E-state index contributed by atoms with van der Waals surface area (Å²) in [7, 11) is -2.46. The molecule has 1 atom stereocenters. The normalized spacial score (nSPS) is 14.4. The van der Waals surface area contributed by atoms with Crippen molar-refractivity contribution in [3.05, 3.63) is 84.4 Å². The molecule has 1 N–H and O–H groups in total. The van der Waals surface area contributed by atoms with Crippen LogP contribution >= 0.6 is 0 Å². The molecular weight excluding hydrogens is 462 g/mol. The summed E-state index contributed by atoms with van der Waals surface area (Å²) < 4.78 is 33.2. The molecule has 8 heteroatoms. The van der Waals surface area contributed by atoms with E-state index in [4.69, 9.17) is 4.74 Å². The zero-order chi connectivity index (χ0) is 24.8. The molecule has 0 bridgehead atoms. The predicted molar refractivity (Wildman–Crippen MR) is 138 cm³/mol. The second-order valence-corrected chi connectivity index (χ2v) is 10.5. The van der Waals surface area contributed by atoms with E-state index in [1.807, 2.05) is 19.1 Å². The fourth-order valence-corrected chi connectivity index (χ4v) is 5.66. The van der Waals surface area contributed by atoms with Crippen molar-refractivity contribution in [1.82, 2.24) is 5.32 Å². The lowest BCUT2D eigenvalue weighted by Gasteiger charge is -2.25. The highest BCUT2D eigenvalue weighted by atomic mass is 32.2. The lowest BCUT2D eigenvalue weighted by Crippen LogP contribution is -2.41. The fourth-order valence-electron chi connectivity index (χ4n) is 4.23. The fraction of sp³-hybridized carbons (Fsp3) is 0.296. The minimum atomic E-state index is -3.98. The molecule has 3 aromatic rings. The van der Waals surface area contributed by atoms with Crippen molar-refractivity contribution in [3.63, 3.8) is 0 Å². The molecule has 1 saturated heterocycles. The summed E-state index contributed by atoms with van der Waals surface area (Å²) in [6.45, 7) is 3.70. The number of hydrogen-bond acceptors (Lipinski definition) is 5. The molecule has 0 spiro atoms. The minimum Gasteiger partial charge on any atom is -0.497 e.